The Labute approximate surface area is 144 Å². The molecule has 2 fully saturated rings. The van der Waals surface area contributed by atoms with Gasteiger partial charge in [-0.15, -0.1) is 0 Å². The lowest BCUT2D eigenvalue weighted by molar-refractivity contribution is -0.174. The number of esters is 1. The van der Waals surface area contributed by atoms with Crippen LogP contribution in [0.4, 0.5) is 0 Å². The zero-order chi connectivity index (χ0) is 17.5. The van der Waals surface area contributed by atoms with Crippen LogP contribution in [-0.4, -0.2) is 35.0 Å². The summed E-state index contributed by atoms with van der Waals surface area (Å²) in [7, 11) is 0. The fraction of sp³-hybridized carbons (Fsp3) is 0.750. The summed E-state index contributed by atoms with van der Waals surface area (Å²) in [6, 6.07) is 0. The quantitative estimate of drug-likeness (QED) is 0.418. The number of rotatable bonds is 0. The van der Waals surface area contributed by atoms with Crippen molar-refractivity contribution >= 4 is 5.97 Å². The highest BCUT2D eigenvalue weighted by atomic mass is 16.6. The highest BCUT2D eigenvalue weighted by Crippen LogP contribution is 2.45. The molecule has 4 heteroatoms. The van der Waals surface area contributed by atoms with Crippen molar-refractivity contribution in [2.24, 2.45) is 11.8 Å². The molecule has 1 N–H and O–H groups in total. The van der Waals surface area contributed by atoms with Crippen molar-refractivity contribution in [3.8, 4) is 0 Å². The van der Waals surface area contributed by atoms with Crippen LogP contribution in [0.15, 0.2) is 23.8 Å². The van der Waals surface area contributed by atoms with E-state index in [1.807, 2.05) is 6.92 Å². The van der Waals surface area contributed by atoms with E-state index in [2.05, 4.69) is 26.5 Å². The maximum Gasteiger partial charge on any atom is 0.334 e. The molecule has 6 atom stereocenters. The molecule has 0 aliphatic carbocycles. The first-order valence-corrected chi connectivity index (χ1v) is 9.23. The van der Waals surface area contributed by atoms with Gasteiger partial charge in [0.15, 0.2) is 0 Å². The van der Waals surface area contributed by atoms with Crippen molar-refractivity contribution in [1.82, 2.24) is 0 Å². The van der Waals surface area contributed by atoms with Gasteiger partial charge in [-0.1, -0.05) is 25.2 Å². The number of ether oxygens (including phenoxy) is 2. The largest absolute Gasteiger partial charge is 0.456 e. The van der Waals surface area contributed by atoms with Gasteiger partial charge < -0.3 is 14.6 Å². The van der Waals surface area contributed by atoms with Gasteiger partial charge in [0.1, 0.15) is 12.2 Å². The van der Waals surface area contributed by atoms with Gasteiger partial charge in [-0.25, -0.2) is 4.79 Å². The Balaban J connectivity index is 1.89. The van der Waals surface area contributed by atoms with Crippen molar-refractivity contribution in [2.45, 2.75) is 83.2 Å². The lowest BCUT2D eigenvalue weighted by atomic mass is 9.79. The molecule has 134 valence electrons. The lowest BCUT2D eigenvalue weighted by Crippen LogP contribution is -2.47. The Kier molecular flexibility index (Phi) is 4.89. The minimum absolute atomic E-state index is 0.0320. The van der Waals surface area contributed by atoms with Gasteiger partial charge in [-0.05, 0) is 58.3 Å². The smallest absolute Gasteiger partial charge is 0.334 e. The van der Waals surface area contributed by atoms with Crippen LogP contribution >= 0.6 is 0 Å². The van der Waals surface area contributed by atoms with Gasteiger partial charge in [-0.3, -0.25) is 0 Å². The SMILES string of the molecule is C=C1C(=O)O[C@H]2[C@@H]3O[C@@H](C[C@@H]13)[C@](C)(O)CC/C=C(\C)CCC[C@@H]2C. The van der Waals surface area contributed by atoms with Crippen molar-refractivity contribution in [2.75, 3.05) is 0 Å². The summed E-state index contributed by atoms with van der Waals surface area (Å²) in [5, 5.41) is 10.9. The Hall–Kier alpha value is -1.13. The number of carbonyl (C=O) groups is 1. The highest BCUT2D eigenvalue weighted by Gasteiger charge is 2.53. The molecule has 0 amide bonds. The first kappa shape index (κ1) is 17.7. The van der Waals surface area contributed by atoms with E-state index in [-0.39, 0.29) is 36.1 Å². The average Bonchev–Trinajstić information content (AvgIpc) is 2.96. The van der Waals surface area contributed by atoms with Crippen LogP contribution < -0.4 is 0 Å². The number of allylic oxidation sites excluding steroid dienone is 2. The van der Waals surface area contributed by atoms with Crippen molar-refractivity contribution in [3.05, 3.63) is 23.8 Å². The maximum absolute atomic E-state index is 12.2. The third kappa shape index (κ3) is 3.31. The number of hydrogen-bond acceptors (Lipinski definition) is 4. The molecule has 3 aliphatic heterocycles. The van der Waals surface area contributed by atoms with E-state index in [1.165, 1.54) is 5.57 Å². The van der Waals surface area contributed by atoms with E-state index in [1.54, 1.807) is 0 Å². The summed E-state index contributed by atoms with van der Waals surface area (Å²) in [4.78, 5) is 12.2. The number of carbonyl (C=O) groups excluding carboxylic acids is 1. The first-order valence-electron chi connectivity index (χ1n) is 9.23. The van der Waals surface area contributed by atoms with Gasteiger partial charge in [0.2, 0.25) is 0 Å². The second kappa shape index (κ2) is 6.64. The van der Waals surface area contributed by atoms with E-state index >= 15 is 0 Å². The molecule has 0 aromatic rings. The van der Waals surface area contributed by atoms with Crippen LogP contribution in [0.25, 0.3) is 0 Å². The van der Waals surface area contributed by atoms with Gasteiger partial charge in [0.05, 0.1) is 11.7 Å². The molecule has 0 unspecified atom stereocenters. The van der Waals surface area contributed by atoms with Gasteiger partial charge >= 0.3 is 5.97 Å². The van der Waals surface area contributed by atoms with Crippen LogP contribution in [0.1, 0.15) is 59.3 Å². The molecule has 0 radical (unpaired) electrons. The van der Waals surface area contributed by atoms with Crippen molar-refractivity contribution in [3.63, 3.8) is 0 Å². The molecule has 0 aromatic carbocycles. The van der Waals surface area contributed by atoms with E-state index < -0.39 is 5.60 Å². The molecule has 2 saturated heterocycles. The second-order valence-corrected chi connectivity index (χ2v) is 8.14. The Bertz CT molecular complexity index is 548. The van der Waals surface area contributed by atoms with Crippen LogP contribution in [-0.2, 0) is 14.3 Å². The fourth-order valence-corrected chi connectivity index (χ4v) is 4.35. The normalized spacial score (nSPS) is 46.2. The molecule has 3 aliphatic rings. The Morgan fingerprint density at radius 2 is 2.12 bits per heavy atom. The third-order valence-electron chi connectivity index (χ3n) is 6.09. The number of aliphatic hydroxyl groups is 1. The molecule has 0 saturated carbocycles. The van der Waals surface area contributed by atoms with E-state index in [0.29, 0.717) is 18.4 Å². The molecule has 24 heavy (non-hydrogen) atoms. The van der Waals surface area contributed by atoms with Crippen LogP contribution in [0.5, 0.6) is 0 Å². The van der Waals surface area contributed by atoms with Gasteiger partial charge in [0.25, 0.3) is 0 Å². The summed E-state index contributed by atoms with van der Waals surface area (Å²) in [6.45, 7) is 10.1. The number of fused-ring (bicyclic) bond motifs is 1. The predicted molar refractivity (Wildman–Crippen MR) is 92.4 cm³/mol. The Morgan fingerprint density at radius 1 is 1.38 bits per heavy atom. The maximum atomic E-state index is 12.2. The number of hydrogen-bond donors (Lipinski definition) is 1. The zero-order valence-electron chi connectivity index (χ0n) is 15.1. The molecular weight excluding hydrogens is 304 g/mol. The summed E-state index contributed by atoms with van der Waals surface area (Å²) in [6.07, 6.45) is 6.86. The first-order chi connectivity index (χ1) is 11.3. The lowest BCUT2D eigenvalue weighted by Gasteiger charge is -2.37. The summed E-state index contributed by atoms with van der Waals surface area (Å²) in [5.74, 6) is -0.0811. The molecule has 0 spiro atoms. The topological polar surface area (TPSA) is 55.8 Å². The zero-order valence-corrected chi connectivity index (χ0v) is 15.1. The fourth-order valence-electron chi connectivity index (χ4n) is 4.35. The van der Waals surface area contributed by atoms with E-state index in [9.17, 15) is 9.90 Å². The van der Waals surface area contributed by atoms with Gasteiger partial charge in [0, 0.05) is 11.5 Å². The summed E-state index contributed by atoms with van der Waals surface area (Å²) < 4.78 is 11.9. The Morgan fingerprint density at radius 3 is 2.88 bits per heavy atom. The standard InChI is InChI=1S/C20H30O4/c1-12-7-5-9-13(2)17-18-15(14(3)19(21)24-17)11-16(23-18)20(4,22)10-6-8-12/h8,13,15-18,22H,3,5-7,9-11H2,1-2,4H3/b12-8+/t13-,15-,16-,17+,18+,20+/m0/s1. The monoisotopic (exact) mass is 334 g/mol. The second-order valence-electron chi connectivity index (χ2n) is 8.14. The molecule has 2 bridgehead atoms. The third-order valence-corrected chi connectivity index (χ3v) is 6.09. The van der Waals surface area contributed by atoms with Crippen molar-refractivity contribution < 1.29 is 19.4 Å². The van der Waals surface area contributed by atoms with E-state index in [0.717, 1.165) is 25.7 Å². The predicted octanol–water partition coefficient (Wildman–Crippen LogP) is 3.54. The summed E-state index contributed by atoms with van der Waals surface area (Å²) in [5.41, 5.74) is 0.971. The van der Waals surface area contributed by atoms with Crippen LogP contribution in [0, 0.1) is 11.8 Å². The van der Waals surface area contributed by atoms with Crippen LogP contribution in [0.3, 0.4) is 0 Å². The molecule has 0 aromatic heterocycles. The molecule has 3 rings (SSSR count). The van der Waals surface area contributed by atoms with Crippen molar-refractivity contribution in [1.29, 1.82) is 0 Å². The van der Waals surface area contributed by atoms with E-state index in [4.69, 9.17) is 9.47 Å². The molecular formula is C20H30O4. The highest BCUT2D eigenvalue weighted by molar-refractivity contribution is 5.89. The summed E-state index contributed by atoms with van der Waals surface area (Å²) >= 11 is 0. The minimum Gasteiger partial charge on any atom is -0.456 e. The molecule has 4 nitrogen and oxygen atoms in total. The van der Waals surface area contributed by atoms with Gasteiger partial charge in [-0.2, -0.15) is 0 Å². The average molecular weight is 334 g/mol. The van der Waals surface area contributed by atoms with Crippen LogP contribution in [0.2, 0.25) is 0 Å². The molecule has 3 heterocycles. The minimum atomic E-state index is -0.903.